The van der Waals surface area contributed by atoms with Gasteiger partial charge < -0.3 is 9.84 Å². The molecule has 0 saturated carbocycles. The van der Waals surface area contributed by atoms with Crippen LogP contribution in [0.2, 0.25) is 0 Å². The van der Waals surface area contributed by atoms with Crippen LogP contribution in [0, 0.1) is 13.8 Å². The van der Waals surface area contributed by atoms with Crippen molar-refractivity contribution in [3.63, 3.8) is 0 Å². The largest absolute Gasteiger partial charge is 0.507 e. The van der Waals surface area contributed by atoms with Gasteiger partial charge in [-0.05, 0) is 43.4 Å². The molecule has 34 heavy (non-hydrogen) atoms. The lowest BCUT2D eigenvalue weighted by atomic mass is 10.0. The third-order valence-corrected chi connectivity index (χ3v) is 9.71. The Labute approximate surface area is 202 Å². The Morgan fingerprint density at radius 3 is 1.79 bits per heavy atom. The highest BCUT2D eigenvalue weighted by molar-refractivity contribution is 7.91. The zero-order chi connectivity index (χ0) is 24.9. The van der Waals surface area contributed by atoms with Gasteiger partial charge in [-0.1, -0.05) is 12.1 Å². The molecule has 11 heteroatoms. The van der Waals surface area contributed by atoms with Gasteiger partial charge in [-0.25, -0.2) is 16.8 Å². The fraction of sp³-hybridized carbons (Fsp3) is 0.696. The molecule has 1 aromatic carbocycles. The smallest absolute Gasteiger partial charge is 0.306 e. The fourth-order valence-corrected chi connectivity index (χ4v) is 7.00. The maximum Gasteiger partial charge on any atom is 0.306 e. The van der Waals surface area contributed by atoms with Crippen molar-refractivity contribution in [3.8, 4) is 5.75 Å². The second-order valence-electron chi connectivity index (χ2n) is 9.45. The van der Waals surface area contributed by atoms with E-state index < -0.39 is 25.8 Å². The summed E-state index contributed by atoms with van der Waals surface area (Å²) in [5.74, 6) is 0.373. The number of aryl methyl sites for hydroxylation is 3. The second-order valence-corrected chi connectivity index (χ2v) is 14.1. The lowest BCUT2D eigenvalue weighted by Crippen LogP contribution is -2.50. The standard InChI is InChI=1S/C23H36N2O7S2/c1-18-14-20(15-19(2)23(18)27)4-3-5-22(26)32-21(16-24-6-10-33(28,29)11-7-24)17-25-8-12-34(30,31)13-9-25/h14-15,21,27H,3-13,16-17H2,1-2H3. The molecular formula is C23H36N2O7S2. The minimum Gasteiger partial charge on any atom is -0.507 e. The zero-order valence-corrected chi connectivity index (χ0v) is 21.7. The minimum absolute atomic E-state index is 0.0983. The molecule has 2 aliphatic rings. The average Bonchev–Trinajstić information content (AvgIpc) is 2.75. The van der Waals surface area contributed by atoms with Crippen LogP contribution in [0.1, 0.15) is 29.5 Å². The van der Waals surface area contributed by atoms with Crippen molar-refractivity contribution in [3.05, 3.63) is 28.8 Å². The number of hydrogen-bond acceptors (Lipinski definition) is 9. The first-order valence-electron chi connectivity index (χ1n) is 11.8. The highest BCUT2D eigenvalue weighted by atomic mass is 32.2. The van der Waals surface area contributed by atoms with Crippen LogP contribution in [0.4, 0.5) is 0 Å². The maximum atomic E-state index is 12.6. The quantitative estimate of drug-likeness (QED) is 0.473. The normalized spacial score (nSPS) is 20.9. The molecule has 0 spiro atoms. The molecule has 2 saturated heterocycles. The predicted molar refractivity (Wildman–Crippen MR) is 131 cm³/mol. The van der Waals surface area contributed by atoms with Crippen molar-refractivity contribution >= 4 is 25.6 Å². The predicted octanol–water partition coefficient (Wildman–Crippen LogP) is 0.704. The molecular weight excluding hydrogens is 480 g/mol. The summed E-state index contributed by atoms with van der Waals surface area (Å²) in [6.45, 7) is 6.19. The third kappa shape index (κ3) is 8.21. The highest BCUT2D eigenvalue weighted by Crippen LogP contribution is 2.23. The summed E-state index contributed by atoms with van der Waals surface area (Å²) in [6.07, 6.45) is 1.10. The van der Waals surface area contributed by atoms with Crippen LogP contribution in [0.15, 0.2) is 12.1 Å². The molecule has 2 heterocycles. The van der Waals surface area contributed by atoms with Crippen LogP contribution in [0.5, 0.6) is 5.75 Å². The molecule has 9 nitrogen and oxygen atoms in total. The highest BCUT2D eigenvalue weighted by Gasteiger charge is 2.29. The van der Waals surface area contributed by atoms with Gasteiger partial charge in [-0.2, -0.15) is 0 Å². The van der Waals surface area contributed by atoms with Crippen molar-refractivity contribution in [2.45, 2.75) is 39.2 Å². The van der Waals surface area contributed by atoms with E-state index in [1.807, 2.05) is 35.8 Å². The number of benzene rings is 1. The van der Waals surface area contributed by atoms with E-state index in [1.165, 1.54) is 0 Å². The topological polar surface area (TPSA) is 121 Å². The number of rotatable bonds is 9. The number of sulfone groups is 2. The van der Waals surface area contributed by atoms with E-state index in [0.29, 0.717) is 57.9 Å². The molecule has 2 aliphatic heterocycles. The summed E-state index contributed by atoms with van der Waals surface area (Å²) in [5.41, 5.74) is 2.68. The molecule has 0 radical (unpaired) electrons. The minimum atomic E-state index is -3.00. The van der Waals surface area contributed by atoms with Crippen molar-refractivity contribution in [2.75, 3.05) is 62.3 Å². The first kappa shape index (κ1) is 26.9. The summed E-state index contributed by atoms with van der Waals surface area (Å²) in [5, 5.41) is 9.92. The number of esters is 1. The Balaban J connectivity index is 1.54. The number of carbonyl (C=O) groups is 1. The lowest BCUT2D eigenvalue weighted by Gasteiger charge is -2.34. The Hall–Kier alpha value is -1.69. The third-order valence-electron chi connectivity index (χ3n) is 6.49. The van der Waals surface area contributed by atoms with Gasteiger partial charge in [-0.3, -0.25) is 14.6 Å². The summed E-state index contributed by atoms with van der Waals surface area (Å²) >= 11 is 0. The maximum absolute atomic E-state index is 12.6. The van der Waals surface area contributed by atoms with Crippen LogP contribution in [0.3, 0.4) is 0 Å². The van der Waals surface area contributed by atoms with E-state index in [9.17, 15) is 26.7 Å². The molecule has 0 aromatic heterocycles. The van der Waals surface area contributed by atoms with Gasteiger partial charge in [0.1, 0.15) is 11.9 Å². The lowest BCUT2D eigenvalue weighted by molar-refractivity contribution is -0.151. The van der Waals surface area contributed by atoms with E-state index in [1.54, 1.807) is 0 Å². The molecule has 1 aromatic rings. The monoisotopic (exact) mass is 516 g/mol. The summed E-state index contributed by atoms with van der Waals surface area (Å²) in [4.78, 5) is 16.6. The van der Waals surface area contributed by atoms with Crippen LogP contribution >= 0.6 is 0 Å². The number of carbonyl (C=O) groups excluding carboxylic acids is 1. The van der Waals surface area contributed by atoms with Gasteiger partial charge in [0.25, 0.3) is 0 Å². The number of nitrogens with zero attached hydrogens (tertiary/aromatic N) is 2. The Morgan fingerprint density at radius 1 is 0.912 bits per heavy atom. The van der Waals surface area contributed by atoms with Crippen molar-refractivity contribution in [1.82, 2.24) is 9.80 Å². The van der Waals surface area contributed by atoms with E-state index in [0.717, 1.165) is 16.7 Å². The van der Waals surface area contributed by atoms with Gasteiger partial charge >= 0.3 is 5.97 Å². The average molecular weight is 517 g/mol. The Bertz CT molecular complexity index is 988. The van der Waals surface area contributed by atoms with E-state index in [2.05, 4.69) is 0 Å². The van der Waals surface area contributed by atoms with Gasteiger partial charge in [0.2, 0.25) is 0 Å². The number of aromatic hydroxyl groups is 1. The molecule has 1 N–H and O–H groups in total. The summed E-state index contributed by atoms with van der Waals surface area (Å²) in [7, 11) is -6.01. The molecule has 3 rings (SSSR count). The number of phenolic OH excluding ortho intramolecular Hbond substituents is 1. The van der Waals surface area contributed by atoms with Crippen molar-refractivity contribution in [1.29, 1.82) is 0 Å². The molecule has 192 valence electrons. The molecule has 0 aliphatic carbocycles. The molecule has 0 bridgehead atoms. The molecule has 0 unspecified atom stereocenters. The van der Waals surface area contributed by atoms with E-state index in [4.69, 9.17) is 4.74 Å². The number of hydrogen-bond donors (Lipinski definition) is 1. The van der Waals surface area contributed by atoms with Gasteiger partial charge in [0.05, 0.1) is 23.0 Å². The second kappa shape index (κ2) is 11.4. The van der Waals surface area contributed by atoms with Gasteiger partial charge in [0.15, 0.2) is 19.7 Å². The zero-order valence-electron chi connectivity index (χ0n) is 20.0. The van der Waals surface area contributed by atoms with Gasteiger partial charge in [-0.15, -0.1) is 0 Å². The Kier molecular flexibility index (Phi) is 8.99. The summed E-state index contributed by atoms with van der Waals surface area (Å²) < 4.78 is 52.8. The van der Waals surface area contributed by atoms with Crippen LogP contribution in [-0.2, 0) is 35.6 Å². The number of ether oxygens (including phenoxy) is 1. The van der Waals surface area contributed by atoms with Crippen LogP contribution in [-0.4, -0.2) is 106 Å². The number of phenols is 1. The SMILES string of the molecule is Cc1cc(CCCC(=O)OC(CN2CCS(=O)(=O)CC2)CN2CCS(=O)(=O)CC2)cc(C)c1O. The molecule has 0 atom stereocenters. The van der Waals surface area contributed by atoms with E-state index in [-0.39, 0.29) is 35.4 Å². The molecule has 2 fully saturated rings. The first-order chi connectivity index (χ1) is 15.9. The Morgan fingerprint density at radius 2 is 1.35 bits per heavy atom. The van der Waals surface area contributed by atoms with E-state index >= 15 is 0 Å². The first-order valence-corrected chi connectivity index (χ1v) is 15.4. The van der Waals surface area contributed by atoms with Gasteiger partial charge in [0, 0.05) is 45.7 Å². The van der Waals surface area contributed by atoms with Crippen LogP contribution in [0.25, 0.3) is 0 Å². The summed E-state index contributed by atoms with van der Waals surface area (Å²) in [6, 6.07) is 3.84. The molecule has 0 amide bonds. The van der Waals surface area contributed by atoms with Crippen molar-refractivity contribution in [2.24, 2.45) is 0 Å². The fourth-order valence-electron chi connectivity index (χ4n) is 4.45. The van der Waals surface area contributed by atoms with Crippen LogP contribution < -0.4 is 0 Å². The van der Waals surface area contributed by atoms with Crippen molar-refractivity contribution < 1.29 is 31.5 Å².